The zero-order valence-corrected chi connectivity index (χ0v) is 19.3. The fourth-order valence-electron chi connectivity index (χ4n) is 3.21. The van der Waals surface area contributed by atoms with E-state index in [9.17, 15) is 0 Å². The molecule has 0 radical (unpaired) electrons. The van der Waals surface area contributed by atoms with Crippen LogP contribution in [0.15, 0.2) is 18.2 Å². The summed E-state index contributed by atoms with van der Waals surface area (Å²) < 4.78 is 33.9. The predicted molar refractivity (Wildman–Crippen MR) is 111 cm³/mol. The highest BCUT2D eigenvalue weighted by atomic mass is 28.4. The molecule has 1 aromatic rings. The maximum absolute atomic E-state index is 15.1. The molecule has 6 heteroatoms. The molecule has 150 valence electrons. The van der Waals surface area contributed by atoms with Gasteiger partial charge < -0.3 is 13.7 Å². The van der Waals surface area contributed by atoms with Crippen LogP contribution in [0.25, 0.3) is 0 Å². The molecule has 2 aliphatic rings. The summed E-state index contributed by atoms with van der Waals surface area (Å²) in [4.78, 5) is 0. The van der Waals surface area contributed by atoms with Crippen LogP contribution in [0.1, 0.15) is 66.9 Å². The molecule has 3 nitrogen and oxygen atoms in total. The molecule has 0 spiro atoms. The average molecular weight is 392 g/mol. The van der Waals surface area contributed by atoms with Gasteiger partial charge in [-0.15, -0.1) is 0 Å². The van der Waals surface area contributed by atoms with Gasteiger partial charge in [0.1, 0.15) is 5.82 Å². The molecule has 1 heterocycles. The van der Waals surface area contributed by atoms with E-state index < -0.39 is 32.2 Å². The van der Waals surface area contributed by atoms with Crippen molar-refractivity contribution in [1.82, 2.24) is 0 Å². The van der Waals surface area contributed by atoms with Crippen LogP contribution in [0.3, 0.4) is 0 Å². The van der Waals surface area contributed by atoms with E-state index >= 15 is 4.39 Å². The maximum Gasteiger partial charge on any atom is 0.494 e. The zero-order chi connectivity index (χ0) is 20.5. The van der Waals surface area contributed by atoms with Crippen molar-refractivity contribution >= 4 is 20.9 Å². The molecule has 1 saturated heterocycles. The Bertz CT molecular complexity index is 719. The number of hydrogen-bond donors (Lipinski definition) is 0. The topological polar surface area (TPSA) is 27.7 Å². The Hall–Kier alpha value is -0.688. The average Bonchev–Trinajstić information content (AvgIpc) is 3.19. The SMILES string of the molecule is CC1(C)OB(c2ccc(C3(O[Si](C)(C)C(C)(C)C)CC3)c(F)c2)OC1(C)C. The summed E-state index contributed by atoms with van der Waals surface area (Å²) in [5, 5.41) is 0.0989. The summed E-state index contributed by atoms with van der Waals surface area (Å²) in [6.45, 7) is 19.1. The molecular weight excluding hydrogens is 358 g/mol. The summed E-state index contributed by atoms with van der Waals surface area (Å²) >= 11 is 0. The number of rotatable bonds is 4. The zero-order valence-electron chi connectivity index (χ0n) is 18.3. The van der Waals surface area contributed by atoms with E-state index in [2.05, 4.69) is 33.9 Å². The highest BCUT2D eigenvalue weighted by molar-refractivity contribution is 6.74. The van der Waals surface area contributed by atoms with Crippen LogP contribution in [0.2, 0.25) is 18.1 Å². The van der Waals surface area contributed by atoms with Crippen LogP contribution in [0.5, 0.6) is 0 Å². The van der Waals surface area contributed by atoms with Gasteiger partial charge in [0, 0.05) is 5.56 Å². The smallest absolute Gasteiger partial charge is 0.407 e. The van der Waals surface area contributed by atoms with E-state index in [-0.39, 0.29) is 10.9 Å². The second-order valence-electron chi connectivity index (χ2n) is 10.7. The molecule has 1 aliphatic heterocycles. The Morgan fingerprint density at radius 1 is 1.04 bits per heavy atom. The first-order valence-corrected chi connectivity index (χ1v) is 12.9. The fourth-order valence-corrected chi connectivity index (χ4v) is 4.81. The number of hydrogen-bond acceptors (Lipinski definition) is 3. The van der Waals surface area contributed by atoms with Gasteiger partial charge in [-0.2, -0.15) is 0 Å². The molecule has 0 N–H and O–H groups in total. The van der Waals surface area contributed by atoms with Crippen molar-refractivity contribution < 1.29 is 18.1 Å². The minimum Gasteiger partial charge on any atom is -0.407 e. The minimum absolute atomic E-state index is 0.0989. The van der Waals surface area contributed by atoms with Crippen molar-refractivity contribution in [2.45, 2.75) is 96.2 Å². The number of benzene rings is 1. The van der Waals surface area contributed by atoms with Crippen LogP contribution in [-0.4, -0.2) is 26.6 Å². The van der Waals surface area contributed by atoms with Crippen molar-refractivity contribution in [2.75, 3.05) is 0 Å². The van der Waals surface area contributed by atoms with Crippen LogP contribution in [-0.2, 0) is 19.3 Å². The molecule has 27 heavy (non-hydrogen) atoms. The molecule has 0 unspecified atom stereocenters. The summed E-state index contributed by atoms with van der Waals surface area (Å²) in [5.41, 5.74) is 0.0682. The predicted octanol–water partition coefficient (Wildman–Crippen LogP) is 5.14. The second kappa shape index (κ2) is 6.15. The van der Waals surface area contributed by atoms with E-state index in [1.165, 1.54) is 0 Å². The van der Waals surface area contributed by atoms with Crippen molar-refractivity contribution in [2.24, 2.45) is 0 Å². The molecule has 0 aromatic heterocycles. The van der Waals surface area contributed by atoms with Crippen LogP contribution in [0, 0.1) is 5.82 Å². The van der Waals surface area contributed by atoms with E-state index in [1.807, 2.05) is 39.8 Å². The van der Waals surface area contributed by atoms with Crippen LogP contribution < -0.4 is 5.46 Å². The third-order valence-corrected chi connectivity index (χ3v) is 11.5. The molecule has 1 aromatic carbocycles. The molecule has 0 amide bonds. The third kappa shape index (κ3) is 3.66. The van der Waals surface area contributed by atoms with Gasteiger partial charge in [-0.05, 0) is 70.2 Å². The first kappa shape index (κ1) is 21.0. The highest BCUT2D eigenvalue weighted by Crippen LogP contribution is 2.54. The van der Waals surface area contributed by atoms with Gasteiger partial charge in [0.2, 0.25) is 0 Å². The van der Waals surface area contributed by atoms with Crippen molar-refractivity contribution in [3.05, 3.63) is 29.6 Å². The Balaban J connectivity index is 1.84. The molecule has 1 aliphatic carbocycles. The van der Waals surface area contributed by atoms with Gasteiger partial charge in [0.05, 0.1) is 16.8 Å². The summed E-state index contributed by atoms with van der Waals surface area (Å²) in [6, 6.07) is 5.36. The summed E-state index contributed by atoms with van der Waals surface area (Å²) in [6.07, 6.45) is 1.76. The Morgan fingerprint density at radius 3 is 1.96 bits per heavy atom. The van der Waals surface area contributed by atoms with Gasteiger partial charge in [-0.1, -0.05) is 32.9 Å². The number of halogens is 1. The lowest BCUT2D eigenvalue weighted by Gasteiger charge is -2.40. The Labute approximate surface area is 165 Å². The fraction of sp³-hybridized carbons (Fsp3) is 0.714. The lowest BCUT2D eigenvalue weighted by molar-refractivity contribution is 0.00578. The van der Waals surface area contributed by atoms with Crippen LogP contribution >= 0.6 is 0 Å². The van der Waals surface area contributed by atoms with Crippen molar-refractivity contribution in [1.29, 1.82) is 0 Å². The monoisotopic (exact) mass is 392 g/mol. The van der Waals surface area contributed by atoms with Gasteiger partial charge in [-0.3, -0.25) is 0 Å². The van der Waals surface area contributed by atoms with E-state index in [0.717, 1.165) is 18.3 Å². The largest absolute Gasteiger partial charge is 0.494 e. The van der Waals surface area contributed by atoms with Gasteiger partial charge in [0.15, 0.2) is 8.32 Å². The second-order valence-corrected chi connectivity index (χ2v) is 15.4. The lowest BCUT2D eigenvalue weighted by atomic mass is 9.78. The highest BCUT2D eigenvalue weighted by Gasteiger charge is 2.55. The molecular formula is C21H34BFO3Si. The third-order valence-electron chi connectivity index (χ3n) is 6.97. The maximum atomic E-state index is 15.1. The quantitative estimate of drug-likeness (QED) is 0.665. The van der Waals surface area contributed by atoms with Crippen LogP contribution in [0.4, 0.5) is 4.39 Å². The lowest BCUT2D eigenvalue weighted by Crippen LogP contribution is -2.44. The molecule has 2 fully saturated rings. The van der Waals surface area contributed by atoms with Gasteiger partial charge in [0.25, 0.3) is 0 Å². The molecule has 0 atom stereocenters. The summed E-state index contributed by atoms with van der Waals surface area (Å²) in [5.74, 6) is -0.224. The Morgan fingerprint density at radius 2 is 1.56 bits per heavy atom. The normalized spacial score (nSPS) is 23.6. The van der Waals surface area contributed by atoms with Crippen molar-refractivity contribution in [3.63, 3.8) is 0 Å². The standard InChI is InChI=1S/C21H34BFO3Si/c1-18(2,3)27(8,9)26-21(12-13-21)16-11-10-15(14-17(16)23)22-24-19(4,5)20(6,7)25-22/h10-11,14H,12-13H2,1-9H3. The van der Waals surface area contributed by atoms with Crippen molar-refractivity contribution in [3.8, 4) is 0 Å². The van der Waals surface area contributed by atoms with Gasteiger partial charge >= 0.3 is 7.12 Å². The first-order chi connectivity index (χ1) is 12.1. The molecule has 0 bridgehead atoms. The Kier molecular flexibility index (Phi) is 4.79. The summed E-state index contributed by atoms with van der Waals surface area (Å²) in [7, 11) is -2.52. The minimum atomic E-state index is -1.98. The molecule has 3 rings (SSSR count). The van der Waals surface area contributed by atoms with E-state index in [4.69, 9.17) is 13.7 Å². The van der Waals surface area contributed by atoms with E-state index in [1.54, 1.807) is 6.07 Å². The first-order valence-electron chi connectivity index (χ1n) is 9.96. The van der Waals surface area contributed by atoms with Gasteiger partial charge in [-0.25, -0.2) is 4.39 Å². The van der Waals surface area contributed by atoms with E-state index in [0.29, 0.717) is 5.56 Å². The molecule has 1 saturated carbocycles.